The normalized spacial score (nSPS) is 19.1. The summed E-state index contributed by atoms with van der Waals surface area (Å²) in [5.74, 6) is 0.391. The van der Waals surface area contributed by atoms with Crippen LogP contribution < -0.4 is 0 Å². The van der Waals surface area contributed by atoms with E-state index in [-0.39, 0.29) is 12.6 Å². The fraction of sp³-hybridized carbons (Fsp3) is 0.800. The van der Waals surface area contributed by atoms with Crippen LogP contribution in [-0.2, 0) is 9.59 Å². The SMILES string of the molecule is O=C=NCC(N=C=O)C1CCCCC1. The number of hydrogen-bond acceptors (Lipinski definition) is 4. The zero-order valence-electron chi connectivity index (χ0n) is 8.11. The smallest absolute Gasteiger partial charge is 0.211 e. The molecule has 0 aliphatic heterocycles. The zero-order chi connectivity index (χ0) is 10.2. The summed E-state index contributed by atoms with van der Waals surface area (Å²) in [5, 5.41) is 0. The summed E-state index contributed by atoms with van der Waals surface area (Å²) in [6, 6.07) is -0.158. The van der Waals surface area contributed by atoms with Crippen molar-refractivity contribution in [2.24, 2.45) is 15.9 Å². The molecule has 4 nitrogen and oxygen atoms in total. The second-order valence-corrected chi connectivity index (χ2v) is 3.62. The van der Waals surface area contributed by atoms with Crippen LogP contribution in [0.4, 0.5) is 0 Å². The predicted octanol–water partition coefficient (Wildman–Crippen LogP) is 1.61. The Morgan fingerprint density at radius 1 is 1.14 bits per heavy atom. The summed E-state index contributed by atoms with van der Waals surface area (Å²) < 4.78 is 0. The molecule has 0 spiro atoms. The zero-order valence-corrected chi connectivity index (χ0v) is 8.11. The summed E-state index contributed by atoms with van der Waals surface area (Å²) in [7, 11) is 0. The third-order valence-corrected chi connectivity index (χ3v) is 2.76. The molecule has 1 rings (SSSR count). The first-order valence-corrected chi connectivity index (χ1v) is 4.99. The van der Waals surface area contributed by atoms with Crippen LogP contribution in [0.3, 0.4) is 0 Å². The molecule has 0 radical (unpaired) electrons. The minimum Gasteiger partial charge on any atom is -0.211 e. The van der Waals surface area contributed by atoms with Crippen molar-refractivity contribution in [3.8, 4) is 0 Å². The second-order valence-electron chi connectivity index (χ2n) is 3.62. The average Bonchev–Trinajstić information content (AvgIpc) is 2.25. The lowest BCUT2D eigenvalue weighted by molar-refractivity contribution is 0.309. The van der Waals surface area contributed by atoms with Crippen molar-refractivity contribution in [2.75, 3.05) is 6.54 Å². The third kappa shape index (κ3) is 3.25. The highest BCUT2D eigenvalue weighted by Gasteiger charge is 2.22. The molecule has 76 valence electrons. The van der Waals surface area contributed by atoms with Crippen molar-refractivity contribution >= 4 is 12.2 Å². The molecule has 0 N–H and O–H groups in total. The van der Waals surface area contributed by atoms with E-state index in [4.69, 9.17) is 0 Å². The Balaban J connectivity index is 2.54. The lowest BCUT2D eigenvalue weighted by atomic mass is 9.84. The van der Waals surface area contributed by atoms with Crippen LogP contribution in [0.2, 0.25) is 0 Å². The van der Waals surface area contributed by atoms with Crippen molar-refractivity contribution in [3.63, 3.8) is 0 Å². The van der Waals surface area contributed by atoms with Gasteiger partial charge >= 0.3 is 0 Å². The monoisotopic (exact) mass is 194 g/mol. The van der Waals surface area contributed by atoms with Gasteiger partial charge in [0.25, 0.3) is 0 Å². The first-order chi connectivity index (χ1) is 6.88. The lowest BCUT2D eigenvalue weighted by Gasteiger charge is -2.25. The summed E-state index contributed by atoms with van der Waals surface area (Å²) in [6.45, 7) is 0.281. The number of carbonyl (C=O) groups excluding carboxylic acids is 2. The Hall–Kier alpha value is -1.24. The number of aliphatic imine (C=N–C) groups is 2. The van der Waals surface area contributed by atoms with Gasteiger partial charge in [0, 0.05) is 0 Å². The van der Waals surface area contributed by atoms with Crippen molar-refractivity contribution < 1.29 is 9.59 Å². The van der Waals surface area contributed by atoms with Gasteiger partial charge in [-0.25, -0.2) is 19.6 Å². The van der Waals surface area contributed by atoms with E-state index in [1.54, 1.807) is 6.08 Å². The van der Waals surface area contributed by atoms with Gasteiger partial charge in [-0.3, -0.25) is 0 Å². The van der Waals surface area contributed by atoms with E-state index in [0.717, 1.165) is 12.8 Å². The van der Waals surface area contributed by atoms with E-state index < -0.39 is 0 Å². The molecule has 1 unspecified atom stereocenters. The molecule has 0 heterocycles. The summed E-state index contributed by atoms with van der Waals surface area (Å²) in [6.07, 6.45) is 8.80. The Morgan fingerprint density at radius 2 is 1.86 bits per heavy atom. The quantitative estimate of drug-likeness (QED) is 0.504. The maximum absolute atomic E-state index is 10.2. The van der Waals surface area contributed by atoms with Gasteiger partial charge in [0.2, 0.25) is 12.2 Å². The molecule has 1 saturated carbocycles. The van der Waals surface area contributed by atoms with Crippen LogP contribution in [0.15, 0.2) is 9.98 Å². The van der Waals surface area contributed by atoms with E-state index in [0.29, 0.717) is 5.92 Å². The van der Waals surface area contributed by atoms with Crippen LogP contribution >= 0.6 is 0 Å². The molecule has 0 saturated heterocycles. The molecule has 0 aromatic heterocycles. The van der Waals surface area contributed by atoms with Gasteiger partial charge in [0.15, 0.2) is 0 Å². The van der Waals surface area contributed by atoms with Crippen molar-refractivity contribution in [3.05, 3.63) is 0 Å². The van der Waals surface area contributed by atoms with Crippen LogP contribution in [0.5, 0.6) is 0 Å². The van der Waals surface area contributed by atoms with Gasteiger partial charge in [-0.1, -0.05) is 19.3 Å². The summed E-state index contributed by atoms with van der Waals surface area (Å²) in [5.41, 5.74) is 0. The Morgan fingerprint density at radius 3 is 2.43 bits per heavy atom. The molecule has 1 atom stereocenters. The van der Waals surface area contributed by atoms with E-state index in [2.05, 4.69) is 9.98 Å². The lowest BCUT2D eigenvalue weighted by Crippen LogP contribution is -2.24. The van der Waals surface area contributed by atoms with Gasteiger partial charge < -0.3 is 0 Å². The van der Waals surface area contributed by atoms with Gasteiger partial charge in [-0.2, -0.15) is 0 Å². The first-order valence-electron chi connectivity index (χ1n) is 4.99. The standard InChI is InChI=1S/C10H14N2O2/c13-7-11-6-10(12-8-14)9-4-2-1-3-5-9/h9-10H,1-6H2. The van der Waals surface area contributed by atoms with Gasteiger partial charge in [0.1, 0.15) is 0 Å². The summed E-state index contributed by atoms with van der Waals surface area (Å²) in [4.78, 5) is 27.3. The molecule has 1 fully saturated rings. The molecular formula is C10H14N2O2. The molecular weight excluding hydrogens is 180 g/mol. The van der Waals surface area contributed by atoms with Crippen LogP contribution in [-0.4, -0.2) is 24.7 Å². The molecule has 0 aromatic rings. The van der Waals surface area contributed by atoms with E-state index in [9.17, 15) is 9.59 Å². The second kappa shape index (κ2) is 6.25. The minimum absolute atomic E-state index is 0.158. The van der Waals surface area contributed by atoms with Gasteiger partial charge in [0.05, 0.1) is 12.6 Å². The van der Waals surface area contributed by atoms with Crippen LogP contribution in [0.1, 0.15) is 32.1 Å². The molecule has 4 heteroatoms. The van der Waals surface area contributed by atoms with Crippen molar-refractivity contribution in [2.45, 2.75) is 38.1 Å². The number of hydrogen-bond donors (Lipinski definition) is 0. The maximum atomic E-state index is 10.2. The fourth-order valence-corrected chi connectivity index (χ4v) is 2.01. The molecule has 14 heavy (non-hydrogen) atoms. The fourth-order valence-electron chi connectivity index (χ4n) is 2.01. The molecule has 1 aliphatic carbocycles. The largest absolute Gasteiger partial charge is 0.235 e. The minimum atomic E-state index is -0.158. The van der Waals surface area contributed by atoms with Crippen molar-refractivity contribution in [1.29, 1.82) is 0 Å². The van der Waals surface area contributed by atoms with E-state index in [1.807, 2.05) is 0 Å². The Kier molecular flexibility index (Phi) is 4.84. The molecule has 1 aliphatic rings. The Bertz CT molecular complexity index is 259. The average molecular weight is 194 g/mol. The molecule has 0 bridgehead atoms. The molecule has 0 amide bonds. The van der Waals surface area contributed by atoms with E-state index in [1.165, 1.54) is 25.3 Å². The maximum Gasteiger partial charge on any atom is 0.235 e. The van der Waals surface area contributed by atoms with E-state index >= 15 is 0 Å². The highest BCUT2D eigenvalue weighted by atomic mass is 16.1. The highest BCUT2D eigenvalue weighted by molar-refractivity contribution is 5.35. The third-order valence-electron chi connectivity index (χ3n) is 2.76. The number of nitrogens with zero attached hydrogens (tertiary/aromatic N) is 2. The number of rotatable bonds is 4. The first kappa shape index (κ1) is 10.8. The van der Waals surface area contributed by atoms with Gasteiger partial charge in [-0.05, 0) is 18.8 Å². The predicted molar refractivity (Wildman–Crippen MR) is 51.5 cm³/mol. The summed E-state index contributed by atoms with van der Waals surface area (Å²) >= 11 is 0. The highest BCUT2D eigenvalue weighted by Crippen LogP contribution is 2.27. The topological polar surface area (TPSA) is 58.9 Å². The van der Waals surface area contributed by atoms with Crippen LogP contribution in [0.25, 0.3) is 0 Å². The molecule has 0 aromatic carbocycles. The van der Waals surface area contributed by atoms with Gasteiger partial charge in [-0.15, -0.1) is 0 Å². The van der Waals surface area contributed by atoms with Crippen molar-refractivity contribution in [1.82, 2.24) is 0 Å². The number of isocyanates is 2. The Labute approximate surface area is 83.1 Å². The van der Waals surface area contributed by atoms with Crippen LogP contribution in [0, 0.1) is 5.92 Å².